The van der Waals surface area contributed by atoms with E-state index in [1.54, 1.807) is 0 Å². The lowest BCUT2D eigenvalue weighted by Gasteiger charge is -2.20. The van der Waals surface area contributed by atoms with E-state index in [9.17, 15) is 4.79 Å². The Morgan fingerprint density at radius 1 is 1.70 bits per heavy atom. The normalized spacial score (nSPS) is 32.1. The zero-order valence-corrected chi connectivity index (χ0v) is 6.21. The predicted molar refractivity (Wildman–Crippen MR) is 40.2 cm³/mol. The minimum absolute atomic E-state index is 0.0741. The average Bonchev–Trinajstić information content (AvgIpc) is 1.88. The first-order chi connectivity index (χ1) is 4.72. The van der Waals surface area contributed by atoms with E-state index < -0.39 is 0 Å². The third kappa shape index (κ3) is 1.38. The summed E-state index contributed by atoms with van der Waals surface area (Å²) in [6, 6.07) is 0. The molecule has 0 bridgehead atoms. The molecule has 2 N–H and O–H groups in total. The summed E-state index contributed by atoms with van der Waals surface area (Å²) < 4.78 is 0. The van der Waals surface area contributed by atoms with Crippen LogP contribution < -0.4 is 5.73 Å². The fraction of sp³-hybridized carbons (Fsp3) is 0.625. The van der Waals surface area contributed by atoms with Gasteiger partial charge in [-0.15, -0.1) is 0 Å². The molecule has 1 aliphatic rings. The number of hydrogen-bond acceptors (Lipinski definition) is 1. The van der Waals surface area contributed by atoms with Gasteiger partial charge in [-0.25, -0.2) is 0 Å². The Morgan fingerprint density at radius 2 is 2.40 bits per heavy atom. The van der Waals surface area contributed by atoms with E-state index in [-0.39, 0.29) is 11.8 Å². The van der Waals surface area contributed by atoms with Gasteiger partial charge in [0.25, 0.3) is 0 Å². The standard InChI is InChI=1S/C8H13NO/c1-6-4-2-3-5-7(6)8(9)10/h2,4,6-7H,3,5H2,1H3,(H2,9,10)/t6-,7+/m1/s1. The van der Waals surface area contributed by atoms with E-state index in [4.69, 9.17) is 5.73 Å². The quantitative estimate of drug-likeness (QED) is 0.542. The van der Waals surface area contributed by atoms with Gasteiger partial charge in [0.15, 0.2) is 0 Å². The molecule has 1 rings (SSSR count). The Labute approximate surface area is 61.1 Å². The van der Waals surface area contributed by atoms with Crippen molar-refractivity contribution in [2.75, 3.05) is 0 Å². The van der Waals surface area contributed by atoms with Gasteiger partial charge in [0.1, 0.15) is 0 Å². The molecule has 2 nitrogen and oxygen atoms in total. The molecular formula is C8H13NO. The Hall–Kier alpha value is -0.790. The lowest BCUT2D eigenvalue weighted by Crippen LogP contribution is -2.29. The van der Waals surface area contributed by atoms with E-state index in [1.165, 1.54) is 0 Å². The minimum atomic E-state index is -0.156. The fourth-order valence-electron chi connectivity index (χ4n) is 1.39. The van der Waals surface area contributed by atoms with Crippen LogP contribution in [0.1, 0.15) is 19.8 Å². The summed E-state index contributed by atoms with van der Waals surface area (Å²) in [6.45, 7) is 2.03. The Kier molecular flexibility index (Phi) is 2.10. The number of hydrogen-bond donors (Lipinski definition) is 1. The first-order valence-electron chi connectivity index (χ1n) is 3.68. The lowest BCUT2D eigenvalue weighted by molar-refractivity contribution is -0.123. The maximum absolute atomic E-state index is 10.8. The number of nitrogens with two attached hydrogens (primary N) is 1. The van der Waals surface area contributed by atoms with Crippen molar-refractivity contribution in [1.29, 1.82) is 0 Å². The zero-order valence-electron chi connectivity index (χ0n) is 6.21. The van der Waals surface area contributed by atoms with Gasteiger partial charge < -0.3 is 5.73 Å². The maximum atomic E-state index is 10.8. The minimum Gasteiger partial charge on any atom is -0.369 e. The van der Waals surface area contributed by atoms with Crippen LogP contribution in [0.5, 0.6) is 0 Å². The number of allylic oxidation sites excluding steroid dienone is 2. The molecule has 1 amide bonds. The second-order valence-corrected chi connectivity index (χ2v) is 2.87. The van der Waals surface area contributed by atoms with Crippen molar-refractivity contribution in [3.05, 3.63) is 12.2 Å². The second-order valence-electron chi connectivity index (χ2n) is 2.87. The first kappa shape index (κ1) is 7.32. The van der Waals surface area contributed by atoms with Crippen LogP contribution in [0.15, 0.2) is 12.2 Å². The maximum Gasteiger partial charge on any atom is 0.221 e. The van der Waals surface area contributed by atoms with Crippen molar-refractivity contribution in [2.24, 2.45) is 17.6 Å². The van der Waals surface area contributed by atoms with Crippen molar-refractivity contribution in [3.8, 4) is 0 Å². The topological polar surface area (TPSA) is 43.1 Å². The van der Waals surface area contributed by atoms with Gasteiger partial charge in [-0.2, -0.15) is 0 Å². The number of carbonyl (C=O) groups excluding carboxylic acids is 1. The van der Waals surface area contributed by atoms with Crippen LogP contribution in [0.4, 0.5) is 0 Å². The molecule has 0 heterocycles. The van der Waals surface area contributed by atoms with Gasteiger partial charge in [-0.3, -0.25) is 4.79 Å². The highest BCUT2D eigenvalue weighted by Crippen LogP contribution is 2.23. The van der Waals surface area contributed by atoms with Crippen LogP contribution >= 0.6 is 0 Å². The largest absolute Gasteiger partial charge is 0.369 e. The lowest BCUT2D eigenvalue weighted by atomic mass is 9.85. The van der Waals surface area contributed by atoms with Gasteiger partial charge in [0, 0.05) is 5.92 Å². The number of amides is 1. The molecule has 0 unspecified atom stereocenters. The summed E-state index contributed by atoms with van der Waals surface area (Å²) in [6.07, 6.45) is 6.11. The summed E-state index contributed by atoms with van der Waals surface area (Å²) >= 11 is 0. The number of rotatable bonds is 1. The van der Waals surface area contributed by atoms with Crippen LogP contribution in [-0.2, 0) is 4.79 Å². The van der Waals surface area contributed by atoms with Crippen molar-refractivity contribution >= 4 is 5.91 Å². The summed E-state index contributed by atoms with van der Waals surface area (Å²) in [5.74, 6) is 0.257. The van der Waals surface area contributed by atoms with Crippen molar-refractivity contribution < 1.29 is 4.79 Å². The van der Waals surface area contributed by atoms with Gasteiger partial charge in [-0.05, 0) is 18.8 Å². The number of carbonyl (C=O) groups is 1. The fourth-order valence-corrected chi connectivity index (χ4v) is 1.39. The first-order valence-corrected chi connectivity index (χ1v) is 3.68. The molecule has 0 aromatic heterocycles. The zero-order chi connectivity index (χ0) is 7.56. The van der Waals surface area contributed by atoms with Crippen molar-refractivity contribution in [2.45, 2.75) is 19.8 Å². The van der Waals surface area contributed by atoms with Crippen LogP contribution in [0.2, 0.25) is 0 Å². The average molecular weight is 139 g/mol. The molecule has 0 aliphatic heterocycles. The highest BCUT2D eigenvalue weighted by atomic mass is 16.1. The van der Waals surface area contributed by atoms with Crippen LogP contribution in [0.3, 0.4) is 0 Å². The van der Waals surface area contributed by atoms with E-state index in [0.717, 1.165) is 12.8 Å². The second kappa shape index (κ2) is 2.86. The predicted octanol–water partition coefficient (Wildman–Crippen LogP) is 1.07. The molecule has 0 aromatic rings. The molecule has 10 heavy (non-hydrogen) atoms. The molecule has 2 atom stereocenters. The van der Waals surface area contributed by atoms with Gasteiger partial charge >= 0.3 is 0 Å². The number of primary amides is 1. The molecule has 0 saturated heterocycles. The Balaban J connectivity index is 2.60. The van der Waals surface area contributed by atoms with E-state index >= 15 is 0 Å². The molecule has 2 heteroatoms. The molecule has 0 fully saturated rings. The summed E-state index contributed by atoms with van der Waals surface area (Å²) in [5.41, 5.74) is 5.18. The van der Waals surface area contributed by atoms with Crippen LogP contribution in [-0.4, -0.2) is 5.91 Å². The third-order valence-corrected chi connectivity index (χ3v) is 2.08. The summed E-state index contributed by atoms with van der Waals surface area (Å²) in [5, 5.41) is 0. The van der Waals surface area contributed by atoms with Gasteiger partial charge in [0.2, 0.25) is 5.91 Å². The monoisotopic (exact) mass is 139 g/mol. The molecule has 0 aromatic carbocycles. The Morgan fingerprint density at radius 3 is 2.80 bits per heavy atom. The van der Waals surface area contributed by atoms with Crippen molar-refractivity contribution in [3.63, 3.8) is 0 Å². The molecule has 0 spiro atoms. The Bertz CT molecular complexity index is 163. The third-order valence-electron chi connectivity index (χ3n) is 2.08. The van der Waals surface area contributed by atoms with Gasteiger partial charge in [0.05, 0.1) is 0 Å². The van der Waals surface area contributed by atoms with Crippen molar-refractivity contribution in [1.82, 2.24) is 0 Å². The van der Waals surface area contributed by atoms with Crippen LogP contribution in [0, 0.1) is 11.8 Å². The molecule has 56 valence electrons. The van der Waals surface area contributed by atoms with Gasteiger partial charge in [-0.1, -0.05) is 19.1 Å². The van der Waals surface area contributed by atoms with E-state index in [2.05, 4.69) is 12.2 Å². The summed E-state index contributed by atoms with van der Waals surface area (Å²) in [7, 11) is 0. The SMILES string of the molecule is C[C@@H]1C=CCC[C@@H]1C(N)=O. The van der Waals surface area contributed by atoms with E-state index in [0.29, 0.717) is 5.92 Å². The highest BCUT2D eigenvalue weighted by Gasteiger charge is 2.22. The highest BCUT2D eigenvalue weighted by molar-refractivity contribution is 5.77. The summed E-state index contributed by atoms with van der Waals surface area (Å²) in [4.78, 5) is 10.8. The van der Waals surface area contributed by atoms with E-state index in [1.807, 2.05) is 6.92 Å². The molecule has 1 aliphatic carbocycles. The molecule has 0 radical (unpaired) electrons. The van der Waals surface area contributed by atoms with Crippen LogP contribution in [0.25, 0.3) is 0 Å². The molecular weight excluding hydrogens is 126 g/mol. The smallest absolute Gasteiger partial charge is 0.221 e. The molecule has 0 saturated carbocycles.